The minimum Gasteiger partial charge on any atom is -0.300 e. The highest BCUT2D eigenvalue weighted by molar-refractivity contribution is 5.79. The van der Waals surface area contributed by atoms with E-state index in [1.54, 1.807) is 5.57 Å². The molecule has 0 N–H and O–H groups in total. The smallest absolute Gasteiger partial charge is 0.133 e. The van der Waals surface area contributed by atoms with Crippen molar-refractivity contribution in [2.45, 2.75) is 72.1 Å². The van der Waals surface area contributed by atoms with Crippen LogP contribution >= 0.6 is 0 Å². The van der Waals surface area contributed by atoms with Crippen molar-refractivity contribution in [3.8, 4) is 0 Å². The fourth-order valence-electron chi connectivity index (χ4n) is 6.83. The van der Waals surface area contributed by atoms with Crippen LogP contribution in [0.2, 0.25) is 0 Å². The van der Waals surface area contributed by atoms with E-state index in [0.717, 1.165) is 30.6 Å². The summed E-state index contributed by atoms with van der Waals surface area (Å²) in [6.45, 7) is 7.44. The fraction of sp³-hybridized carbons (Fsp3) is 0.850. The van der Waals surface area contributed by atoms with Gasteiger partial charge in [-0.3, -0.25) is 4.79 Å². The Balaban J connectivity index is 1.64. The van der Waals surface area contributed by atoms with Gasteiger partial charge < -0.3 is 0 Å². The average molecular weight is 286 g/mol. The maximum Gasteiger partial charge on any atom is 0.133 e. The molecular weight excluding hydrogens is 256 g/mol. The van der Waals surface area contributed by atoms with Crippen LogP contribution in [-0.4, -0.2) is 5.78 Å². The van der Waals surface area contributed by atoms with E-state index in [-0.39, 0.29) is 0 Å². The summed E-state index contributed by atoms with van der Waals surface area (Å²) in [6.07, 6.45) is 12.3. The Morgan fingerprint density at radius 3 is 2.71 bits per heavy atom. The van der Waals surface area contributed by atoms with Crippen molar-refractivity contribution >= 4 is 5.78 Å². The van der Waals surface area contributed by atoms with Gasteiger partial charge in [-0.2, -0.15) is 0 Å². The Hall–Kier alpha value is -0.590. The molecule has 0 aromatic carbocycles. The van der Waals surface area contributed by atoms with Crippen LogP contribution < -0.4 is 0 Å². The molecule has 4 rings (SSSR count). The lowest BCUT2D eigenvalue weighted by atomic mass is 9.45. The van der Waals surface area contributed by atoms with Crippen molar-refractivity contribution < 1.29 is 4.79 Å². The summed E-state index contributed by atoms with van der Waals surface area (Å²) in [5, 5.41) is 0. The number of ketones is 1. The zero-order valence-corrected chi connectivity index (χ0v) is 14.0. The topological polar surface area (TPSA) is 17.1 Å². The Morgan fingerprint density at radius 2 is 1.90 bits per heavy atom. The predicted octanol–water partition coefficient (Wildman–Crippen LogP) is 5.15. The van der Waals surface area contributed by atoms with Gasteiger partial charge >= 0.3 is 0 Å². The van der Waals surface area contributed by atoms with Gasteiger partial charge in [0.25, 0.3) is 0 Å². The molecule has 0 aliphatic heterocycles. The van der Waals surface area contributed by atoms with Gasteiger partial charge in [0.2, 0.25) is 0 Å². The number of carbonyl (C=O) groups excluding carboxylic acids is 1. The molecule has 0 saturated heterocycles. The highest BCUT2D eigenvalue weighted by Gasteiger charge is 2.57. The minimum atomic E-state index is 0.467. The van der Waals surface area contributed by atoms with Crippen molar-refractivity contribution in [1.82, 2.24) is 0 Å². The van der Waals surface area contributed by atoms with Gasteiger partial charge in [-0.05, 0) is 80.0 Å². The highest BCUT2D eigenvalue weighted by Crippen LogP contribution is 2.65. The molecule has 4 aliphatic carbocycles. The Labute approximate surface area is 129 Å². The molecule has 0 heterocycles. The van der Waals surface area contributed by atoms with E-state index < -0.39 is 0 Å². The molecule has 0 bridgehead atoms. The van der Waals surface area contributed by atoms with E-state index in [9.17, 15) is 4.79 Å². The van der Waals surface area contributed by atoms with Gasteiger partial charge in [0.1, 0.15) is 5.78 Å². The first-order valence-electron chi connectivity index (χ1n) is 9.14. The van der Waals surface area contributed by atoms with E-state index in [0.29, 0.717) is 22.5 Å². The van der Waals surface area contributed by atoms with Crippen LogP contribution in [0.15, 0.2) is 11.6 Å². The van der Waals surface area contributed by atoms with Crippen molar-refractivity contribution in [2.24, 2.45) is 34.5 Å². The number of allylic oxidation sites excluding steroid dienone is 2. The molecule has 1 heteroatoms. The second kappa shape index (κ2) is 4.46. The first-order valence-corrected chi connectivity index (χ1v) is 9.14. The minimum absolute atomic E-state index is 0.467. The first kappa shape index (κ1) is 14.0. The van der Waals surface area contributed by atoms with Crippen molar-refractivity contribution in [3.05, 3.63) is 11.6 Å². The second-order valence-electron chi connectivity index (χ2n) is 8.98. The van der Waals surface area contributed by atoms with Crippen LogP contribution in [0, 0.1) is 34.5 Å². The lowest BCUT2D eigenvalue weighted by Crippen LogP contribution is -2.53. The monoisotopic (exact) mass is 286 g/mol. The molecule has 0 aromatic rings. The van der Waals surface area contributed by atoms with Gasteiger partial charge in [-0.25, -0.2) is 0 Å². The molecular formula is C20H30O. The van der Waals surface area contributed by atoms with Gasteiger partial charge in [-0.1, -0.05) is 25.5 Å². The molecule has 0 amide bonds. The lowest BCUT2D eigenvalue weighted by Gasteiger charge is -2.60. The van der Waals surface area contributed by atoms with Crippen LogP contribution in [0.25, 0.3) is 0 Å². The number of hydrogen-bond donors (Lipinski definition) is 0. The van der Waals surface area contributed by atoms with Crippen LogP contribution in [-0.2, 0) is 4.79 Å². The predicted molar refractivity (Wildman–Crippen MR) is 85.9 cm³/mol. The maximum absolute atomic E-state index is 11.9. The van der Waals surface area contributed by atoms with E-state index in [2.05, 4.69) is 26.8 Å². The summed E-state index contributed by atoms with van der Waals surface area (Å²) in [4.78, 5) is 11.9. The molecule has 1 nitrogen and oxygen atoms in total. The molecule has 116 valence electrons. The number of rotatable bonds is 0. The zero-order valence-electron chi connectivity index (χ0n) is 14.0. The first-order chi connectivity index (χ1) is 9.95. The summed E-state index contributed by atoms with van der Waals surface area (Å²) in [5.74, 6) is 3.94. The standard InChI is InChI=1S/C20H30O/c1-13-4-7-17-16-6-5-14-12-15(21)8-10-20(14,3)18(16)9-11-19(13,17)2/h4,14,16-18H,5-12H2,1-3H3/t14-,16+,17-,18+,19-,20+/m1/s1. The summed E-state index contributed by atoms with van der Waals surface area (Å²) < 4.78 is 0. The van der Waals surface area contributed by atoms with E-state index in [4.69, 9.17) is 0 Å². The number of Topliss-reactive ketones (excluding diaryl/α,β-unsaturated/α-hetero) is 1. The van der Waals surface area contributed by atoms with Crippen LogP contribution in [0.4, 0.5) is 0 Å². The largest absolute Gasteiger partial charge is 0.300 e. The third-order valence-electron chi connectivity index (χ3n) is 8.45. The number of hydrogen-bond acceptors (Lipinski definition) is 1. The van der Waals surface area contributed by atoms with Crippen molar-refractivity contribution in [2.75, 3.05) is 0 Å². The average Bonchev–Trinajstić information content (AvgIpc) is 2.76. The van der Waals surface area contributed by atoms with E-state index in [1.807, 2.05) is 0 Å². The summed E-state index contributed by atoms with van der Waals surface area (Å²) >= 11 is 0. The lowest BCUT2D eigenvalue weighted by molar-refractivity contribution is -0.137. The summed E-state index contributed by atoms with van der Waals surface area (Å²) in [5.41, 5.74) is 2.63. The number of fused-ring (bicyclic) bond motifs is 5. The molecule has 3 saturated carbocycles. The Bertz CT molecular complexity index is 504. The third-order valence-corrected chi connectivity index (χ3v) is 8.45. The molecule has 4 aliphatic rings. The van der Waals surface area contributed by atoms with Crippen LogP contribution in [0.1, 0.15) is 72.1 Å². The molecule has 0 aromatic heterocycles. The molecule has 0 radical (unpaired) electrons. The molecule has 0 unspecified atom stereocenters. The quantitative estimate of drug-likeness (QED) is 0.562. The SMILES string of the molecule is CC1=CC[C@@H]2[C@@H]3CC[C@@H]4CC(=O)CC[C@]4(C)[C@H]3CC[C@]12C. The van der Waals surface area contributed by atoms with Crippen molar-refractivity contribution in [1.29, 1.82) is 0 Å². The normalized spacial score (nSPS) is 52.7. The van der Waals surface area contributed by atoms with Gasteiger partial charge in [0.15, 0.2) is 0 Å². The Kier molecular flexibility index (Phi) is 2.98. The van der Waals surface area contributed by atoms with Gasteiger partial charge in [0.05, 0.1) is 0 Å². The number of carbonyl (C=O) groups is 1. The Morgan fingerprint density at radius 1 is 1.10 bits per heavy atom. The summed E-state index contributed by atoms with van der Waals surface area (Å²) in [7, 11) is 0. The van der Waals surface area contributed by atoms with E-state index in [1.165, 1.54) is 38.5 Å². The third kappa shape index (κ3) is 1.79. The summed E-state index contributed by atoms with van der Waals surface area (Å²) in [6, 6.07) is 0. The zero-order chi connectivity index (χ0) is 14.8. The van der Waals surface area contributed by atoms with Gasteiger partial charge in [0, 0.05) is 12.8 Å². The molecule has 21 heavy (non-hydrogen) atoms. The molecule has 6 atom stereocenters. The maximum atomic E-state index is 11.9. The van der Waals surface area contributed by atoms with Crippen LogP contribution in [0.5, 0.6) is 0 Å². The molecule has 0 spiro atoms. The van der Waals surface area contributed by atoms with Crippen LogP contribution in [0.3, 0.4) is 0 Å². The highest BCUT2D eigenvalue weighted by atomic mass is 16.1. The second-order valence-corrected chi connectivity index (χ2v) is 8.98. The fourth-order valence-corrected chi connectivity index (χ4v) is 6.83. The van der Waals surface area contributed by atoms with Gasteiger partial charge in [-0.15, -0.1) is 0 Å². The van der Waals surface area contributed by atoms with Crippen molar-refractivity contribution in [3.63, 3.8) is 0 Å². The molecule has 3 fully saturated rings. The van der Waals surface area contributed by atoms with E-state index >= 15 is 0 Å².